The summed E-state index contributed by atoms with van der Waals surface area (Å²) in [6, 6.07) is 7.56. The third-order valence-electron chi connectivity index (χ3n) is 5.63. The Morgan fingerprint density at radius 1 is 1.10 bits per heavy atom. The highest BCUT2D eigenvalue weighted by atomic mass is 79.9. The summed E-state index contributed by atoms with van der Waals surface area (Å²) in [4.78, 5) is 38.0. The molecule has 39 heavy (non-hydrogen) atoms. The molecule has 2 aromatic rings. The van der Waals surface area contributed by atoms with Crippen molar-refractivity contribution in [1.29, 1.82) is 0 Å². The van der Waals surface area contributed by atoms with E-state index in [2.05, 4.69) is 21.0 Å². The molecule has 0 N–H and O–H groups in total. The standard InChI is InChI=1S/C24H19BrClF6N3O4/c1-3-39-21(38)22(2)12-34(33-19(22)13-4-9-16(17(26)10-13)23(27,28)29)11-18(36)35(20(37)24(30,31)32)15-7-5-14(25)6-8-15/h4-10H,3,11-12H2,1-2H3. The van der Waals surface area contributed by atoms with Crippen molar-refractivity contribution in [3.63, 3.8) is 0 Å². The first-order valence-electron chi connectivity index (χ1n) is 11.1. The molecule has 0 radical (unpaired) electrons. The van der Waals surface area contributed by atoms with Crippen molar-refractivity contribution in [3.05, 3.63) is 63.1 Å². The maximum Gasteiger partial charge on any atom is 0.472 e. The van der Waals surface area contributed by atoms with Crippen molar-refractivity contribution in [2.45, 2.75) is 26.2 Å². The predicted molar refractivity (Wildman–Crippen MR) is 132 cm³/mol. The molecule has 0 fully saturated rings. The number of halogens is 8. The number of hydrazone groups is 1. The Morgan fingerprint density at radius 2 is 1.72 bits per heavy atom. The highest BCUT2D eigenvalue weighted by molar-refractivity contribution is 9.10. The van der Waals surface area contributed by atoms with Gasteiger partial charge in [-0.3, -0.25) is 19.4 Å². The van der Waals surface area contributed by atoms with E-state index in [1.54, 1.807) is 0 Å². The molecule has 1 atom stereocenters. The van der Waals surface area contributed by atoms with Gasteiger partial charge in [0.25, 0.3) is 5.91 Å². The second-order valence-electron chi connectivity index (χ2n) is 8.52. The van der Waals surface area contributed by atoms with Gasteiger partial charge in [-0.2, -0.15) is 31.4 Å². The lowest BCUT2D eigenvalue weighted by molar-refractivity contribution is -0.171. The average molecular weight is 643 g/mol. The molecule has 2 aromatic carbocycles. The van der Waals surface area contributed by atoms with E-state index in [1.807, 2.05) is 0 Å². The van der Waals surface area contributed by atoms with E-state index >= 15 is 0 Å². The van der Waals surface area contributed by atoms with Crippen LogP contribution in [0.4, 0.5) is 32.0 Å². The van der Waals surface area contributed by atoms with Gasteiger partial charge in [0.1, 0.15) is 12.0 Å². The molecule has 0 aliphatic carbocycles. The number of nitrogens with zero attached hydrogens (tertiary/aromatic N) is 3. The Bertz CT molecular complexity index is 1320. The second-order valence-corrected chi connectivity index (χ2v) is 9.85. The van der Waals surface area contributed by atoms with Crippen molar-refractivity contribution in [3.8, 4) is 0 Å². The van der Waals surface area contributed by atoms with Crippen LogP contribution in [0.2, 0.25) is 5.02 Å². The number of alkyl halides is 6. The number of anilines is 1. The van der Waals surface area contributed by atoms with E-state index in [-0.39, 0.29) is 35.0 Å². The molecule has 2 amide bonds. The van der Waals surface area contributed by atoms with Gasteiger partial charge in [0.2, 0.25) is 0 Å². The topological polar surface area (TPSA) is 79.3 Å². The van der Waals surface area contributed by atoms with Crippen LogP contribution in [0.3, 0.4) is 0 Å². The number of benzene rings is 2. The predicted octanol–water partition coefficient (Wildman–Crippen LogP) is 5.83. The van der Waals surface area contributed by atoms with Crippen LogP contribution in [0.15, 0.2) is 52.0 Å². The lowest BCUT2D eigenvalue weighted by Gasteiger charge is -2.26. The molecule has 0 saturated heterocycles. The normalized spacial score (nSPS) is 17.6. The summed E-state index contributed by atoms with van der Waals surface area (Å²) >= 11 is 8.95. The van der Waals surface area contributed by atoms with Crippen molar-refractivity contribution < 1.29 is 45.5 Å². The first-order valence-corrected chi connectivity index (χ1v) is 12.2. The molecule has 0 bridgehead atoms. The second kappa shape index (κ2) is 11.2. The van der Waals surface area contributed by atoms with Crippen LogP contribution in [0.25, 0.3) is 0 Å². The summed E-state index contributed by atoms with van der Waals surface area (Å²) < 4.78 is 85.1. The summed E-state index contributed by atoms with van der Waals surface area (Å²) in [6.45, 7) is 1.53. The number of hydrogen-bond donors (Lipinski definition) is 0. The summed E-state index contributed by atoms with van der Waals surface area (Å²) in [5.41, 5.74) is -3.27. The maximum atomic E-state index is 13.3. The molecule has 0 spiro atoms. The molecular weight excluding hydrogens is 624 g/mol. The van der Waals surface area contributed by atoms with Crippen molar-refractivity contribution in [2.24, 2.45) is 10.5 Å². The van der Waals surface area contributed by atoms with Crippen molar-refractivity contribution >= 4 is 56.7 Å². The molecule has 1 heterocycles. The highest BCUT2D eigenvalue weighted by Gasteiger charge is 2.49. The lowest BCUT2D eigenvalue weighted by atomic mass is 9.82. The summed E-state index contributed by atoms with van der Waals surface area (Å²) in [7, 11) is 0. The fourth-order valence-electron chi connectivity index (χ4n) is 3.86. The number of imide groups is 1. The van der Waals surface area contributed by atoms with E-state index < -0.39 is 52.7 Å². The number of amides is 2. The Balaban J connectivity index is 2.02. The summed E-state index contributed by atoms with van der Waals surface area (Å²) in [6.07, 6.45) is -10.1. The van der Waals surface area contributed by atoms with Crippen molar-refractivity contribution in [1.82, 2.24) is 5.01 Å². The molecule has 1 aliphatic rings. The van der Waals surface area contributed by atoms with Gasteiger partial charge in [-0.15, -0.1) is 0 Å². The van der Waals surface area contributed by atoms with E-state index in [0.717, 1.165) is 29.3 Å². The zero-order chi connectivity index (χ0) is 29.3. The lowest BCUT2D eigenvalue weighted by Crippen LogP contribution is -2.49. The van der Waals surface area contributed by atoms with Crippen LogP contribution < -0.4 is 4.90 Å². The first-order chi connectivity index (χ1) is 18.0. The fourth-order valence-corrected chi connectivity index (χ4v) is 4.41. The molecule has 210 valence electrons. The monoisotopic (exact) mass is 641 g/mol. The minimum absolute atomic E-state index is 0.00497. The van der Waals surface area contributed by atoms with E-state index in [1.165, 1.54) is 26.0 Å². The number of carbonyl (C=O) groups excluding carboxylic acids is 3. The van der Waals surface area contributed by atoms with Crippen LogP contribution in [0.5, 0.6) is 0 Å². The van der Waals surface area contributed by atoms with E-state index in [0.29, 0.717) is 10.5 Å². The van der Waals surface area contributed by atoms with Crippen LogP contribution in [-0.2, 0) is 25.3 Å². The SMILES string of the molecule is CCOC(=O)C1(C)CN(CC(=O)N(C(=O)C(F)(F)F)c2ccc(Br)cc2)N=C1c1ccc(C(F)(F)F)c(Cl)c1. The minimum atomic E-state index is -5.39. The molecule has 7 nitrogen and oxygen atoms in total. The molecular formula is C24H19BrClF6N3O4. The molecule has 15 heteroatoms. The van der Waals surface area contributed by atoms with E-state index in [9.17, 15) is 40.7 Å². The Kier molecular flexibility index (Phi) is 8.70. The Morgan fingerprint density at radius 3 is 2.23 bits per heavy atom. The summed E-state index contributed by atoms with van der Waals surface area (Å²) in [5.74, 6) is -4.60. The highest BCUT2D eigenvalue weighted by Crippen LogP contribution is 2.38. The average Bonchev–Trinajstić information content (AvgIpc) is 3.16. The quantitative estimate of drug-likeness (QED) is 0.293. The van der Waals surface area contributed by atoms with Crippen LogP contribution in [0.1, 0.15) is 25.0 Å². The zero-order valence-corrected chi connectivity index (χ0v) is 22.5. The fraction of sp³-hybridized carbons (Fsp3) is 0.333. The van der Waals surface area contributed by atoms with Gasteiger partial charge in [-0.05, 0) is 50.2 Å². The number of rotatable bonds is 6. The number of hydrogen-bond acceptors (Lipinski definition) is 6. The molecule has 1 aliphatic heterocycles. The molecule has 3 rings (SSSR count). The smallest absolute Gasteiger partial charge is 0.465 e. The van der Waals surface area contributed by atoms with Gasteiger partial charge in [-0.25, -0.2) is 4.90 Å². The molecule has 0 saturated carbocycles. The first kappa shape index (κ1) is 30.4. The Hall–Kier alpha value is -3.13. The third kappa shape index (κ3) is 6.55. The maximum absolute atomic E-state index is 13.3. The van der Waals surface area contributed by atoms with Crippen LogP contribution in [-0.4, -0.2) is 54.4 Å². The van der Waals surface area contributed by atoms with Gasteiger partial charge in [0.05, 0.1) is 35.1 Å². The summed E-state index contributed by atoms with van der Waals surface area (Å²) in [5, 5.41) is 4.42. The van der Waals surface area contributed by atoms with Gasteiger partial charge in [0.15, 0.2) is 0 Å². The van der Waals surface area contributed by atoms with Gasteiger partial charge in [0, 0.05) is 10.0 Å². The number of carbonyl (C=O) groups is 3. The van der Waals surface area contributed by atoms with Gasteiger partial charge >= 0.3 is 24.2 Å². The van der Waals surface area contributed by atoms with E-state index in [4.69, 9.17) is 16.3 Å². The van der Waals surface area contributed by atoms with Gasteiger partial charge < -0.3 is 4.74 Å². The Labute approximate surface area is 231 Å². The number of ether oxygens (including phenoxy) is 1. The zero-order valence-electron chi connectivity index (χ0n) is 20.2. The van der Waals surface area contributed by atoms with Gasteiger partial charge in [-0.1, -0.05) is 33.6 Å². The van der Waals surface area contributed by atoms with Crippen molar-refractivity contribution in [2.75, 3.05) is 24.6 Å². The largest absolute Gasteiger partial charge is 0.472 e. The van der Waals surface area contributed by atoms with Crippen LogP contribution >= 0.6 is 27.5 Å². The third-order valence-corrected chi connectivity index (χ3v) is 6.48. The van der Waals surface area contributed by atoms with Crippen LogP contribution in [0, 0.1) is 5.41 Å². The minimum Gasteiger partial charge on any atom is -0.465 e. The molecule has 1 unspecified atom stereocenters. The number of esters is 1. The molecule has 0 aromatic heterocycles.